The Kier molecular flexibility index (Phi) is 6.03. The van der Waals surface area contributed by atoms with Gasteiger partial charge in [-0.2, -0.15) is 0 Å². The Labute approximate surface area is 174 Å². The second-order valence-corrected chi connectivity index (χ2v) is 7.52. The van der Waals surface area contributed by atoms with Crippen LogP contribution in [0.25, 0.3) is 22.6 Å². The van der Waals surface area contributed by atoms with Gasteiger partial charge in [-0.05, 0) is 50.7 Å². The van der Waals surface area contributed by atoms with Gasteiger partial charge in [0.2, 0.25) is 12.2 Å². The van der Waals surface area contributed by atoms with Crippen molar-refractivity contribution in [1.29, 1.82) is 0 Å². The van der Waals surface area contributed by atoms with Gasteiger partial charge in [0.1, 0.15) is 5.82 Å². The summed E-state index contributed by atoms with van der Waals surface area (Å²) in [7, 11) is 0. The van der Waals surface area contributed by atoms with Crippen molar-refractivity contribution in [1.82, 2.24) is 19.9 Å². The Balaban J connectivity index is 1.73. The van der Waals surface area contributed by atoms with Crippen LogP contribution in [0, 0.1) is 11.7 Å². The van der Waals surface area contributed by atoms with Crippen LogP contribution in [0.3, 0.4) is 0 Å². The number of nitrogens with two attached hydrogens (primary N) is 1. The first kappa shape index (κ1) is 20.4. The topological polar surface area (TPSA) is 111 Å². The molecule has 0 atom stereocenters. The van der Waals surface area contributed by atoms with Crippen molar-refractivity contribution in [2.45, 2.75) is 26.2 Å². The van der Waals surface area contributed by atoms with Crippen LogP contribution >= 0.6 is 0 Å². The highest BCUT2D eigenvalue weighted by molar-refractivity contribution is 5.77. The summed E-state index contributed by atoms with van der Waals surface area (Å²) in [5.41, 5.74) is 8.41. The molecule has 30 heavy (non-hydrogen) atoms. The Bertz CT molecular complexity index is 983. The van der Waals surface area contributed by atoms with Gasteiger partial charge in [0, 0.05) is 23.7 Å². The molecule has 9 heteroatoms. The van der Waals surface area contributed by atoms with E-state index >= 15 is 0 Å². The zero-order chi connectivity index (χ0) is 21.1. The Morgan fingerprint density at radius 3 is 2.57 bits per heavy atom. The molecule has 1 aliphatic heterocycles. The average molecular weight is 412 g/mol. The van der Waals surface area contributed by atoms with Gasteiger partial charge in [-0.3, -0.25) is 0 Å². The number of benzene rings is 1. The number of H-pyrrole nitrogens is 1. The standard InChI is InChI=1S/C21H25FN6O2/c1-12(2)25-21-24-8-7-16(26-21)18-17(14-3-5-15(22)6-4-14)27-19(28-18)20-29-10-13(9-23)11-30-20/h3-8,12-13,20H,9-11,23H2,1-2H3,(H,27,28)(H,24,25,26). The fourth-order valence-corrected chi connectivity index (χ4v) is 3.17. The smallest absolute Gasteiger partial charge is 0.223 e. The van der Waals surface area contributed by atoms with Crippen LogP contribution in [0.5, 0.6) is 0 Å². The van der Waals surface area contributed by atoms with Crippen LogP contribution in [0.4, 0.5) is 10.3 Å². The first-order chi connectivity index (χ1) is 14.5. The van der Waals surface area contributed by atoms with Crippen LogP contribution in [0.2, 0.25) is 0 Å². The number of imidazole rings is 1. The normalized spacial score (nSPS) is 19.2. The van der Waals surface area contributed by atoms with Gasteiger partial charge in [-0.1, -0.05) is 0 Å². The molecule has 3 heterocycles. The number of anilines is 1. The molecule has 0 bridgehead atoms. The van der Waals surface area contributed by atoms with Crippen molar-refractivity contribution in [3.05, 3.63) is 48.2 Å². The second kappa shape index (κ2) is 8.86. The molecule has 4 N–H and O–H groups in total. The maximum absolute atomic E-state index is 13.5. The van der Waals surface area contributed by atoms with E-state index < -0.39 is 6.29 Å². The van der Waals surface area contributed by atoms with Crippen molar-refractivity contribution in [2.24, 2.45) is 11.7 Å². The quantitative estimate of drug-likeness (QED) is 0.570. The summed E-state index contributed by atoms with van der Waals surface area (Å²) in [5, 5.41) is 3.20. The molecule has 1 aliphatic rings. The number of rotatable bonds is 6. The van der Waals surface area contributed by atoms with E-state index in [4.69, 9.17) is 20.2 Å². The Morgan fingerprint density at radius 2 is 1.90 bits per heavy atom. The van der Waals surface area contributed by atoms with Gasteiger partial charge in [-0.25, -0.2) is 19.3 Å². The molecular weight excluding hydrogens is 387 g/mol. The van der Waals surface area contributed by atoms with Crippen molar-refractivity contribution in [3.8, 4) is 22.6 Å². The van der Waals surface area contributed by atoms with Crippen LogP contribution in [-0.2, 0) is 9.47 Å². The van der Waals surface area contributed by atoms with Gasteiger partial charge >= 0.3 is 0 Å². The molecule has 0 aliphatic carbocycles. The van der Waals surface area contributed by atoms with Gasteiger partial charge in [0.15, 0.2) is 5.82 Å². The van der Waals surface area contributed by atoms with E-state index in [9.17, 15) is 4.39 Å². The minimum Gasteiger partial charge on any atom is -0.352 e. The number of nitrogens with one attached hydrogen (secondary N) is 2. The van der Waals surface area contributed by atoms with Crippen molar-refractivity contribution >= 4 is 5.95 Å². The number of hydrogen-bond donors (Lipinski definition) is 3. The fourth-order valence-electron chi connectivity index (χ4n) is 3.17. The van der Waals surface area contributed by atoms with E-state index in [1.54, 1.807) is 24.4 Å². The van der Waals surface area contributed by atoms with E-state index in [1.165, 1.54) is 12.1 Å². The van der Waals surface area contributed by atoms with E-state index in [0.717, 1.165) is 5.56 Å². The van der Waals surface area contributed by atoms with E-state index in [-0.39, 0.29) is 17.8 Å². The minimum absolute atomic E-state index is 0.166. The van der Waals surface area contributed by atoms with Crippen LogP contribution in [-0.4, -0.2) is 45.7 Å². The molecule has 0 radical (unpaired) electrons. The summed E-state index contributed by atoms with van der Waals surface area (Å²) < 4.78 is 25.1. The summed E-state index contributed by atoms with van der Waals surface area (Å²) in [4.78, 5) is 16.9. The third-order valence-electron chi connectivity index (χ3n) is 4.69. The highest BCUT2D eigenvalue weighted by Gasteiger charge is 2.27. The molecule has 1 saturated heterocycles. The third kappa shape index (κ3) is 4.48. The molecule has 4 rings (SSSR count). The third-order valence-corrected chi connectivity index (χ3v) is 4.69. The SMILES string of the molecule is CC(C)Nc1nccc(-c2[nH]c(C3OCC(CN)CO3)nc2-c2ccc(F)cc2)n1. The Morgan fingerprint density at radius 1 is 1.17 bits per heavy atom. The lowest BCUT2D eigenvalue weighted by atomic mass is 10.1. The molecule has 2 aromatic heterocycles. The largest absolute Gasteiger partial charge is 0.352 e. The molecular formula is C21H25FN6O2. The number of ether oxygens (including phenoxy) is 2. The molecule has 0 saturated carbocycles. The maximum Gasteiger partial charge on any atom is 0.223 e. The van der Waals surface area contributed by atoms with Gasteiger partial charge < -0.3 is 25.5 Å². The molecule has 0 unspecified atom stereocenters. The zero-order valence-corrected chi connectivity index (χ0v) is 16.9. The molecule has 158 valence electrons. The first-order valence-corrected chi connectivity index (χ1v) is 9.92. The summed E-state index contributed by atoms with van der Waals surface area (Å²) >= 11 is 0. The van der Waals surface area contributed by atoms with Crippen LogP contribution in [0.1, 0.15) is 26.0 Å². The summed E-state index contributed by atoms with van der Waals surface area (Å²) in [5.74, 6) is 0.892. The van der Waals surface area contributed by atoms with Crippen molar-refractivity contribution in [3.63, 3.8) is 0 Å². The number of hydrogen-bond acceptors (Lipinski definition) is 7. The number of aromatic amines is 1. The lowest BCUT2D eigenvalue weighted by Gasteiger charge is -2.27. The summed E-state index contributed by atoms with van der Waals surface area (Å²) in [6.45, 7) is 5.53. The van der Waals surface area contributed by atoms with E-state index in [1.807, 2.05) is 13.8 Å². The lowest BCUT2D eigenvalue weighted by Crippen LogP contribution is -2.32. The highest BCUT2D eigenvalue weighted by atomic mass is 19.1. The Hall–Kier alpha value is -2.88. The number of aromatic nitrogens is 4. The molecule has 8 nitrogen and oxygen atoms in total. The number of nitrogens with zero attached hydrogens (tertiary/aromatic N) is 3. The average Bonchev–Trinajstić information content (AvgIpc) is 3.19. The molecule has 3 aromatic rings. The van der Waals surface area contributed by atoms with Gasteiger partial charge in [0.25, 0.3) is 0 Å². The predicted molar refractivity (Wildman–Crippen MR) is 111 cm³/mol. The molecule has 1 aromatic carbocycles. The van der Waals surface area contributed by atoms with E-state index in [0.29, 0.717) is 48.6 Å². The molecule has 1 fully saturated rings. The van der Waals surface area contributed by atoms with Crippen LogP contribution in [0.15, 0.2) is 36.5 Å². The van der Waals surface area contributed by atoms with Crippen LogP contribution < -0.4 is 11.1 Å². The van der Waals surface area contributed by atoms with Crippen molar-refractivity contribution in [2.75, 3.05) is 25.1 Å². The monoisotopic (exact) mass is 412 g/mol. The molecule has 0 spiro atoms. The van der Waals surface area contributed by atoms with E-state index in [2.05, 4.69) is 20.3 Å². The second-order valence-electron chi connectivity index (χ2n) is 7.52. The zero-order valence-electron chi connectivity index (χ0n) is 16.9. The first-order valence-electron chi connectivity index (χ1n) is 9.92. The van der Waals surface area contributed by atoms with Crippen molar-refractivity contribution < 1.29 is 13.9 Å². The molecule has 0 amide bonds. The summed E-state index contributed by atoms with van der Waals surface area (Å²) in [6, 6.07) is 8.15. The highest BCUT2D eigenvalue weighted by Crippen LogP contribution is 2.33. The minimum atomic E-state index is -0.629. The number of halogens is 1. The fraction of sp³-hybridized carbons (Fsp3) is 0.381. The predicted octanol–water partition coefficient (Wildman–Crippen LogP) is 3.11. The van der Waals surface area contributed by atoms with Gasteiger partial charge in [0.05, 0.1) is 30.3 Å². The maximum atomic E-state index is 13.5. The lowest BCUT2D eigenvalue weighted by molar-refractivity contribution is -0.206. The van der Waals surface area contributed by atoms with Gasteiger partial charge in [-0.15, -0.1) is 0 Å². The summed E-state index contributed by atoms with van der Waals surface area (Å²) in [6.07, 6.45) is 1.05.